The number of hydrogen-bond acceptors (Lipinski definition) is 1. The summed E-state index contributed by atoms with van der Waals surface area (Å²) in [6.45, 7) is 6.23. The van der Waals surface area contributed by atoms with Crippen molar-refractivity contribution in [3.05, 3.63) is 70.3 Å². The summed E-state index contributed by atoms with van der Waals surface area (Å²) < 4.78 is 0. The third-order valence-electron chi connectivity index (χ3n) is 3.38. The molecule has 0 aliphatic heterocycles. The molecule has 0 saturated heterocycles. The van der Waals surface area contributed by atoms with E-state index in [0.29, 0.717) is 6.42 Å². The van der Waals surface area contributed by atoms with Gasteiger partial charge in [0.1, 0.15) is 0 Å². The molecule has 94 valence electrons. The number of aliphatic hydroxyl groups excluding tert-OH is 1. The smallest absolute Gasteiger partial charge is 0.0830 e. The van der Waals surface area contributed by atoms with Gasteiger partial charge in [-0.2, -0.15) is 0 Å². The molecule has 0 aromatic heterocycles. The largest absolute Gasteiger partial charge is 0.388 e. The van der Waals surface area contributed by atoms with Crippen LogP contribution in [-0.2, 0) is 6.42 Å². The SMILES string of the molecule is Cc1ccc(C(O)Cc2cc(C)ccc2C)cc1. The van der Waals surface area contributed by atoms with Crippen LogP contribution in [0.3, 0.4) is 0 Å². The van der Waals surface area contributed by atoms with E-state index in [0.717, 1.165) is 5.56 Å². The minimum Gasteiger partial charge on any atom is -0.388 e. The van der Waals surface area contributed by atoms with Crippen molar-refractivity contribution < 1.29 is 5.11 Å². The summed E-state index contributed by atoms with van der Waals surface area (Å²) in [5.41, 5.74) is 5.92. The van der Waals surface area contributed by atoms with Gasteiger partial charge in [0.15, 0.2) is 0 Å². The molecule has 18 heavy (non-hydrogen) atoms. The van der Waals surface area contributed by atoms with Crippen LogP contribution in [0.4, 0.5) is 0 Å². The highest BCUT2D eigenvalue weighted by molar-refractivity contribution is 5.32. The maximum atomic E-state index is 10.3. The molecule has 2 rings (SSSR count). The van der Waals surface area contributed by atoms with Crippen LogP contribution in [0, 0.1) is 20.8 Å². The Bertz CT molecular complexity index is 526. The van der Waals surface area contributed by atoms with E-state index in [1.54, 1.807) is 0 Å². The van der Waals surface area contributed by atoms with Crippen molar-refractivity contribution >= 4 is 0 Å². The first-order valence-electron chi connectivity index (χ1n) is 6.37. The molecule has 0 aliphatic rings. The molecule has 2 aromatic carbocycles. The van der Waals surface area contributed by atoms with E-state index in [1.165, 1.54) is 22.3 Å². The Morgan fingerprint density at radius 2 is 1.50 bits per heavy atom. The lowest BCUT2D eigenvalue weighted by atomic mass is 9.96. The fraction of sp³-hybridized carbons (Fsp3) is 0.294. The zero-order valence-electron chi connectivity index (χ0n) is 11.3. The van der Waals surface area contributed by atoms with Crippen LogP contribution < -0.4 is 0 Å². The summed E-state index contributed by atoms with van der Waals surface area (Å²) in [4.78, 5) is 0. The molecule has 0 spiro atoms. The first-order chi connectivity index (χ1) is 8.56. The van der Waals surface area contributed by atoms with Crippen molar-refractivity contribution in [2.24, 2.45) is 0 Å². The Morgan fingerprint density at radius 1 is 0.889 bits per heavy atom. The molecule has 2 aromatic rings. The second kappa shape index (κ2) is 5.36. The van der Waals surface area contributed by atoms with Crippen LogP contribution in [0.25, 0.3) is 0 Å². The highest BCUT2D eigenvalue weighted by Crippen LogP contribution is 2.21. The average Bonchev–Trinajstić information content (AvgIpc) is 2.34. The molecule has 0 aliphatic carbocycles. The van der Waals surface area contributed by atoms with Crippen molar-refractivity contribution in [1.29, 1.82) is 0 Å². The van der Waals surface area contributed by atoms with Gasteiger partial charge in [0, 0.05) is 6.42 Å². The molecule has 1 N–H and O–H groups in total. The minimum atomic E-state index is -0.425. The van der Waals surface area contributed by atoms with Crippen LogP contribution >= 0.6 is 0 Å². The van der Waals surface area contributed by atoms with Crippen LogP contribution in [0.2, 0.25) is 0 Å². The summed E-state index contributed by atoms with van der Waals surface area (Å²) in [7, 11) is 0. The molecule has 0 fully saturated rings. The number of aryl methyl sites for hydroxylation is 3. The Balaban J connectivity index is 2.18. The maximum absolute atomic E-state index is 10.3. The van der Waals surface area contributed by atoms with Gasteiger partial charge in [-0.15, -0.1) is 0 Å². The molecule has 0 saturated carbocycles. The van der Waals surface area contributed by atoms with E-state index in [-0.39, 0.29) is 0 Å². The van der Waals surface area contributed by atoms with Gasteiger partial charge in [-0.25, -0.2) is 0 Å². The zero-order chi connectivity index (χ0) is 13.1. The molecule has 0 amide bonds. The van der Waals surface area contributed by atoms with Crippen molar-refractivity contribution in [2.45, 2.75) is 33.3 Å². The molecule has 0 bridgehead atoms. The Morgan fingerprint density at radius 3 is 2.17 bits per heavy atom. The Kier molecular flexibility index (Phi) is 3.83. The van der Waals surface area contributed by atoms with Gasteiger partial charge in [0.25, 0.3) is 0 Å². The van der Waals surface area contributed by atoms with E-state index >= 15 is 0 Å². The molecule has 1 heteroatoms. The molecular formula is C17H20O. The second-order valence-corrected chi connectivity index (χ2v) is 5.06. The van der Waals surface area contributed by atoms with Gasteiger partial charge in [-0.3, -0.25) is 0 Å². The predicted octanol–water partition coefficient (Wildman–Crippen LogP) is 3.89. The lowest BCUT2D eigenvalue weighted by Gasteiger charge is -2.14. The fourth-order valence-corrected chi connectivity index (χ4v) is 2.13. The first-order valence-corrected chi connectivity index (χ1v) is 6.37. The lowest BCUT2D eigenvalue weighted by molar-refractivity contribution is 0.178. The average molecular weight is 240 g/mol. The van der Waals surface area contributed by atoms with Gasteiger partial charge < -0.3 is 5.11 Å². The van der Waals surface area contributed by atoms with Crippen molar-refractivity contribution in [2.75, 3.05) is 0 Å². The van der Waals surface area contributed by atoms with Gasteiger partial charge in [-0.05, 0) is 37.5 Å². The Labute approximate surface area is 109 Å². The van der Waals surface area contributed by atoms with Gasteiger partial charge in [-0.1, -0.05) is 53.6 Å². The van der Waals surface area contributed by atoms with Gasteiger partial charge in [0.2, 0.25) is 0 Å². The number of hydrogen-bond donors (Lipinski definition) is 1. The third-order valence-corrected chi connectivity index (χ3v) is 3.38. The van der Waals surface area contributed by atoms with Gasteiger partial charge in [0.05, 0.1) is 6.10 Å². The van der Waals surface area contributed by atoms with Crippen LogP contribution in [0.5, 0.6) is 0 Å². The minimum absolute atomic E-state index is 0.425. The molecule has 0 heterocycles. The lowest BCUT2D eigenvalue weighted by Crippen LogP contribution is -2.03. The van der Waals surface area contributed by atoms with Gasteiger partial charge >= 0.3 is 0 Å². The van der Waals surface area contributed by atoms with E-state index in [2.05, 4.69) is 39.0 Å². The summed E-state index contributed by atoms with van der Waals surface area (Å²) in [6.07, 6.45) is 0.252. The summed E-state index contributed by atoms with van der Waals surface area (Å²) in [6, 6.07) is 14.5. The molecule has 1 atom stereocenters. The third kappa shape index (κ3) is 2.99. The monoisotopic (exact) mass is 240 g/mol. The second-order valence-electron chi connectivity index (χ2n) is 5.06. The standard InChI is InChI=1S/C17H20O/c1-12-5-8-15(9-6-12)17(18)11-16-10-13(2)4-7-14(16)3/h4-10,17-18H,11H2,1-3H3. The fourth-order valence-electron chi connectivity index (χ4n) is 2.13. The van der Waals surface area contributed by atoms with E-state index in [1.807, 2.05) is 24.3 Å². The maximum Gasteiger partial charge on any atom is 0.0830 e. The van der Waals surface area contributed by atoms with E-state index in [9.17, 15) is 5.11 Å². The highest BCUT2D eigenvalue weighted by Gasteiger charge is 2.10. The Hall–Kier alpha value is -1.60. The summed E-state index contributed by atoms with van der Waals surface area (Å²) >= 11 is 0. The highest BCUT2D eigenvalue weighted by atomic mass is 16.3. The number of benzene rings is 2. The van der Waals surface area contributed by atoms with Crippen molar-refractivity contribution in [3.8, 4) is 0 Å². The summed E-state index contributed by atoms with van der Waals surface area (Å²) in [5, 5.41) is 10.3. The van der Waals surface area contributed by atoms with E-state index in [4.69, 9.17) is 0 Å². The molecule has 1 unspecified atom stereocenters. The summed E-state index contributed by atoms with van der Waals surface area (Å²) in [5.74, 6) is 0. The normalized spacial score (nSPS) is 12.4. The topological polar surface area (TPSA) is 20.2 Å². The molecule has 1 nitrogen and oxygen atoms in total. The van der Waals surface area contributed by atoms with Crippen molar-refractivity contribution in [1.82, 2.24) is 0 Å². The molecule has 0 radical (unpaired) electrons. The number of aliphatic hydroxyl groups is 1. The number of rotatable bonds is 3. The quantitative estimate of drug-likeness (QED) is 0.863. The van der Waals surface area contributed by atoms with Crippen LogP contribution in [0.15, 0.2) is 42.5 Å². The predicted molar refractivity (Wildman–Crippen MR) is 75.8 cm³/mol. The first kappa shape index (κ1) is 12.8. The van der Waals surface area contributed by atoms with Crippen molar-refractivity contribution in [3.63, 3.8) is 0 Å². The zero-order valence-corrected chi connectivity index (χ0v) is 11.3. The van der Waals surface area contributed by atoms with E-state index < -0.39 is 6.10 Å². The van der Waals surface area contributed by atoms with Crippen LogP contribution in [-0.4, -0.2) is 5.11 Å². The van der Waals surface area contributed by atoms with Crippen LogP contribution in [0.1, 0.15) is 33.9 Å². The molecular weight excluding hydrogens is 220 g/mol.